The number of rotatable bonds is 8. The second kappa shape index (κ2) is 9.75. The van der Waals surface area contributed by atoms with Crippen molar-refractivity contribution in [3.8, 4) is 5.75 Å². The molecule has 8 heteroatoms. The molecule has 0 spiro atoms. The van der Waals surface area contributed by atoms with Gasteiger partial charge >= 0.3 is 0 Å². The van der Waals surface area contributed by atoms with Crippen molar-refractivity contribution in [1.29, 1.82) is 0 Å². The summed E-state index contributed by atoms with van der Waals surface area (Å²) in [6.07, 6.45) is 0. The first-order chi connectivity index (χ1) is 14.4. The highest BCUT2D eigenvalue weighted by Gasteiger charge is 2.20. The van der Waals surface area contributed by atoms with Crippen molar-refractivity contribution in [2.75, 3.05) is 7.11 Å². The third kappa shape index (κ3) is 5.60. The van der Waals surface area contributed by atoms with E-state index in [1.165, 1.54) is 18.2 Å². The third-order valence-corrected chi connectivity index (χ3v) is 6.26. The number of benzene rings is 3. The minimum absolute atomic E-state index is 0.0416. The Morgan fingerprint density at radius 2 is 1.67 bits per heavy atom. The molecule has 0 saturated carbocycles. The number of carbonyl (C=O) groups excluding carboxylic acids is 1. The molecule has 0 radical (unpaired) electrons. The molecule has 0 aromatic heterocycles. The van der Waals surface area contributed by atoms with Crippen molar-refractivity contribution in [1.82, 2.24) is 10.0 Å². The lowest BCUT2D eigenvalue weighted by atomic mass is 10.2. The summed E-state index contributed by atoms with van der Waals surface area (Å²) < 4.78 is 33.1. The number of hydrogen-bond acceptors (Lipinski definition) is 4. The highest BCUT2D eigenvalue weighted by atomic mass is 35.5. The van der Waals surface area contributed by atoms with E-state index in [0.29, 0.717) is 5.75 Å². The maximum atomic E-state index is 12.7. The lowest BCUT2D eigenvalue weighted by Gasteiger charge is -2.11. The van der Waals surface area contributed by atoms with Gasteiger partial charge in [0.1, 0.15) is 10.6 Å². The van der Waals surface area contributed by atoms with Crippen LogP contribution in [0.3, 0.4) is 0 Å². The molecule has 0 aliphatic heterocycles. The second-order valence-corrected chi connectivity index (χ2v) is 8.63. The largest absolute Gasteiger partial charge is 0.497 e. The maximum Gasteiger partial charge on any atom is 0.251 e. The maximum absolute atomic E-state index is 12.7. The van der Waals surface area contributed by atoms with Crippen LogP contribution in [0.2, 0.25) is 5.02 Å². The average Bonchev–Trinajstić information content (AvgIpc) is 2.77. The van der Waals surface area contributed by atoms with E-state index in [1.807, 2.05) is 54.6 Å². The van der Waals surface area contributed by atoms with Crippen LogP contribution in [-0.2, 0) is 23.1 Å². The normalized spacial score (nSPS) is 11.1. The van der Waals surface area contributed by atoms with Crippen molar-refractivity contribution in [2.24, 2.45) is 0 Å². The van der Waals surface area contributed by atoms with Crippen LogP contribution in [-0.4, -0.2) is 21.4 Å². The summed E-state index contributed by atoms with van der Waals surface area (Å²) in [5, 5.41) is 2.81. The van der Waals surface area contributed by atoms with E-state index < -0.39 is 15.9 Å². The van der Waals surface area contributed by atoms with Gasteiger partial charge < -0.3 is 10.1 Å². The lowest BCUT2D eigenvalue weighted by Crippen LogP contribution is -2.25. The zero-order valence-corrected chi connectivity index (χ0v) is 17.8. The monoisotopic (exact) mass is 444 g/mol. The quantitative estimate of drug-likeness (QED) is 0.554. The zero-order valence-electron chi connectivity index (χ0n) is 16.3. The van der Waals surface area contributed by atoms with E-state index in [1.54, 1.807) is 7.11 Å². The topological polar surface area (TPSA) is 84.5 Å². The number of amides is 1. The Morgan fingerprint density at radius 3 is 2.40 bits per heavy atom. The van der Waals surface area contributed by atoms with Crippen molar-refractivity contribution in [3.63, 3.8) is 0 Å². The van der Waals surface area contributed by atoms with Crippen molar-refractivity contribution < 1.29 is 17.9 Å². The van der Waals surface area contributed by atoms with Crippen LogP contribution in [0.5, 0.6) is 5.75 Å². The number of methoxy groups -OCH3 is 1. The van der Waals surface area contributed by atoms with Crippen LogP contribution < -0.4 is 14.8 Å². The zero-order chi connectivity index (χ0) is 21.6. The summed E-state index contributed by atoms with van der Waals surface area (Å²) in [6, 6.07) is 20.6. The first-order valence-corrected chi connectivity index (χ1v) is 11.0. The Labute approximate surface area is 180 Å². The van der Waals surface area contributed by atoms with Crippen molar-refractivity contribution in [3.05, 3.63) is 94.5 Å². The minimum atomic E-state index is -3.90. The average molecular weight is 445 g/mol. The van der Waals surface area contributed by atoms with E-state index in [-0.39, 0.29) is 28.6 Å². The molecule has 0 bridgehead atoms. The summed E-state index contributed by atoms with van der Waals surface area (Å²) in [7, 11) is -2.33. The van der Waals surface area contributed by atoms with Crippen LogP contribution >= 0.6 is 11.6 Å². The Kier molecular flexibility index (Phi) is 7.10. The lowest BCUT2D eigenvalue weighted by molar-refractivity contribution is 0.0950. The van der Waals surface area contributed by atoms with E-state index in [0.717, 1.165) is 11.1 Å². The van der Waals surface area contributed by atoms with Crippen LogP contribution in [0, 0.1) is 0 Å². The molecule has 3 rings (SSSR count). The van der Waals surface area contributed by atoms with Crippen molar-refractivity contribution in [2.45, 2.75) is 18.0 Å². The van der Waals surface area contributed by atoms with E-state index in [9.17, 15) is 13.2 Å². The van der Waals surface area contributed by atoms with Gasteiger partial charge in [0, 0.05) is 18.7 Å². The van der Waals surface area contributed by atoms with Crippen molar-refractivity contribution >= 4 is 27.5 Å². The Balaban J connectivity index is 1.72. The smallest absolute Gasteiger partial charge is 0.251 e. The molecule has 0 unspecified atom stereocenters. The second-order valence-electron chi connectivity index (χ2n) is 6.49. The molecule has 0 saturated heterocycles. The van der Waals surface area contributed by atoms with E-state index in [2.05, 4.69) is 10.0 Å². The van der Waals surface area contributed by atoms with Gasteiger partial charge in [-0.15, -0.1) is 0 Å². The Bertz CT molecular complexity index is 1130. The predicted octanol–water partition coefficient (Wildman–Crippen LogP) is 3.76. The number of hydrogen-bond donors (Lipinski definition) is 2. The highest BCUT2D eigenvalue weighted by molar-refractivity contribution is 7.89. The first-order valence-electron chi connectivity index (χ1n) is 9.13. The molecule has 3 aromatic rings. The summed E-state index contributed by atoms with van der Waals surface area (Å²) >= 11 is 6.11. The van der Waals surface area contributed by atoms with E-state index in [4.69, 9.17) is 16.3 Å². The number of ether oxygens (including phenoxy) is 1. The molecule has 6 nitrogen and oxygen atoms in total. The number of carbonyl (C=O) groups is 1. The molecule has 0 aliphatic rings. The first kappa shape index (κ1) is 21.8. The van der Waals surface area contributed by atoms with Gasteiger partial charge in [0.25, 0.3) is 5.91 Å². The Morgan fingerprint density at radius 1 is 0.933 bits per heavy atom. The molecular formula is C22H21ClN2O4S. The molecule has 3 aromatic carbocycles. The standard InChI is InChI=1S/C22H21ClN2O4S/c1-29-19-9-5-8-17(12-19)14-24-22(26)18-10-11-20(23)21(13-18)30(27,28)25-15-16-6-3-2-4-7-16/h2-13,25H,14-15H2,1H3,(H,24,26). The van der Waals surface area contributed by atoms with Gasteiger partial charge in [-0.05, 0) is 41.5 Å². The molecule has 1 amide bonds. The molecule has 0 aliphatic carbocycles. The van der Waals surface area contributed by atoms with Crippen LogP contribution in [0.15, 0.2) is 77.7 Å². The SMILES string of the molecule is COc1cccc(CNC(=O)c2ccc(Cl)c(S(=O)(=O)NCc3ccccc3)c2)c1. The van der Waals surface area contributed by atoms with Gasteiger partial charge in [-0.2, -0.15) is 0 Å². The summed E-state index contributed by atoms with van der Waals surface area (Å²) in [4.78, 5) is 12.4. The molecular weight excluding hydrogens is 424 g/mol. The fraction of sp³-hybridized carbons (Fsp3) is 0.136. The fourth-order valence-electron chi connectivity index (χ4n) is 2.77. The van der Waals surface area contributed by atoms with Gasteiger partial charge in [0.05, 0.1) is 12.1 Å². The Hall–Kier alpha value is -2.87. The number of nitrogens with one attached hydrogen (secondary N) is 2. The van der Waals surface area contributed by atoms with Crippen LogP contribution in [0.25, 0.3) is 0 Å². The molecule has 156 valence electrons. The summed E-state index contributed by atoms with van der Waals surface area (Å²) in [6.45, 7) is 0.388. The van der Waals surface area contributed by atoms with Gasteiger partial charge in [-0.3, -0.25) is 4.79 Å². The number of halogens is 1. The molecule has 30 heavy (non-hydrogen) atoms. The molecule has 0 fully saturated rings. The minimum Gasteiger partial charge on any atom is -0.497 e. The van der Waals surface area contributed by atoms with Gasteiger partial charge in [0.2, 0.25) is 10.0 Å². The van der Waals surface area contributed by atoms with Crippen LogP contribution in [0.1, 0.15) is 21.5 Å². The molecule has 2 N–H and O–H groups in total. The summed E-state index contributed by atoms with van der Waals surface area (Å²) in [5.74, 6) is 0.278. The van der Waals surface area contributed by atoms with Gasteiger partial charge in [-0.1, -0.05) is 54.1 Å². The third-order valence-electron chi connectivity index (χ3n) is 4.38. The number of sulfonamides is 1. The van der Waals surface area contributed by atoms with E-state index >= 15 is 0 Å². The fourth-order valence-corrected chi connectivity index (χ4v) is 4.31. The highest BCUT2D eigenvalue weighted by Crippen LogP contribution is 2.23. The van der Waals surface area contributed by atoms with Gasteiger partial charge in [-0.25, -0.2) is 13.1 Å². The summed E-state index contributed by atoms with van der Waals surface area (Å²) in [5.41, 5.74) is 1.86. The van der Waals surface area contributed by atoms with Gasteiger partial charge in [0.15, 0.2) is 0 Å². The molecule has 0 atom stereocenters. The predicted molar refractivity (Wildman–Crippen MR) is 116 cm³/mol. The van der Waals surface area contributed by atoms with Crippen LogP contribution in [0.4, 0.5) is 0 Å². The molecule has 0 heterocycles.